The van der Waals surface area contributed by atoms with Crippen molar-refractivity contribution in [1.29, 1.82) is 0 Å². The van der Waals surface area contributed by atoms with Gasteiger partial charge in [-0.1, -0.05) is 6.92 Å². The highest BCUT2D eigenvalue weighted by molar-refractivity contribution is 5.94. The summed E-state index contributed by atoms with van der Waals surface area (Å²) in [6.07, 6.45) is 3.55. The van der Waals surface area contributed by atoms with E-state index in [1.54, 1.807) is 0 Å². The number of hydrogen-bond donors (Lipinski definition) is 1. The maximum atomic E-state index is 12.0. The van der Waals surface area contributed by atoms with Crippen LogP contribution in [0.1, 0.15) is 26.2 Å². The molecule has 1 heterocycles. The third-order valence-corrected chi connectivity index (χ3v) is 5.18. The Labute approximate surface area is 139 Å². The number of nitrogens with one attached hydrogen (secondary N) is 1. The van der Waals surface area contributed by atoms with Crippen LogP contribution in [-0.4, -0.2) is 44.5 Å². The lowest BCUT2D eigenvalue weighted by molar-refractivity contribution is -0.117. The van der Waals surface area contributed by atoms with E-state index in [9.17, 15) is 4.79 Å². The number of amides is 1. The van der Waals surface area contributed by atoms with Gasteiger partial charge < -0.3 is 15.1 Å². The van der Waals surface area contributed by atoms with Crippen LogP contribution in [0.5, 0.6) is 0 Å². The van der Waals surface area contributed by atoms with Gasteiger partial charge in [0.05, 0.1) is 0 Å². The summed E-state index contributed by atoms with van der Waals surface area (Å²) in [6, 6.07) is 8.34. The van der Waals surface area contributed by atoms with Crippen LogP contribution in [-0.2, 0) is 4.79 Å². The van der Waals surface area contributed by atoms with Gasteiger partial charge in [-0.2, -0.15) is 0 Å². The van der Waals surface area contributed by atoms with Crippen molar-refractivity contribution in [3.63, 3.8) is 0 Å². The molecule has 1 aromatic rings. The van der Waals surface area contributed by atoms with Crippen molar-refractivity contribution in [2.45, 2.75) is 26.2 Å². The molecule has 1 aromatic carbocycles. The second-order valence-corrected chi connectivity index (χ2v) is 7.55. The van der Waals surface area contributed by atoms with Crippen LogP contribution < -0.4 is 10.2 Å². The summed E-state index contributed by atoms with van der Waals surface area (Å²) in [4.78, 5) is 16.7. The van der Waals surface area contributed by atoms with Gasteiger partial charge in [0.15, 0.2) is 0 Å². The number of carbonyl (C=O) groups excluding carboxylic acids is 1. The van der Waals surface area contributed by atoms with E-state index < -0.39 is 0 Å². The van der Waals surface area contributed by atoms with Crippen LogP contribution in [0.3, 0.4) is 0 Å². The molecule has 4 nitrogen and oxygen atoms in total. The molecule has 1 aliphatic carbocycles. The lowest BCUT2D eigenvalue weighted by atomic mass is 9.96. The van der Waals surface area contributed by atoms with E-state index in [0.29, 0.717) is 5.92 Å². The minimum Gasteiger partial charge on any atom is -0.372 e. The Bertz CT molecular complexity index is 532. The Kier molecular flexibility index (Phi) is 4.90. The summed E-state index contributed by atoms with van der Waals surface area (Å²) in [7, 11) is 4.31. The number of benzene rings is 1. The Balaban J connectivity index is 1.51. The predicted octanol–water partition coefficient (Wildman–Crippen LogP) is 3.06. The summed E-state index contributed by atoms with van der Waals surface area (Å²) in [5.41, 5.74) is 2.19. The van der Waals surface area contributed by atoms with Gasteiger partial charge in [0, 0.05) is 36.9 Å². The Morgan fingerprint density at radius 2 is 1.83 bits per heavy atom. The third-order valence-electron chi connectivity index (χ3n) is 5.18. The van der Waals surface area contributed by atoms with E-state index in [2.05, 4.69) is 48.3 Å². The molecule has 0 unspecified atom stereocenters. The first-order valence-corrected chi connectivity index (χ1v) is 8.83. The Hall–Kier alpha value is -1.55. The average molecular weight is 315 g/mol. The van der Waals surface area contributed by atoms with Crippen LogP contribution in [0.15, 0.2) is 24.3 Å². The van der Waals surface area contributed by atoms with Crippen molar-refractivity contribution in [3.05, 3.63) is 24.3 Å². The van der Waals surface area contributed by atoms with Gasteiger partial charge in [0.25, 0.3) is 0 Å². The Morgan fingerprint density at radius 1 is 1.22 bits per heavy atom. The summed E-state index contributed by atoms with van der Waals surface area (Å²) in [5.74, 6) is 1.78. The standard InChI is InChI=1S/C19H29N3O/c1-14-12-18(14)19(23)20-16-4-6-17(7-5-16)22-10-8-15(9-11-22)13-21(2)3/h4-7,14-15,18H,8-13H2,1-3H3,(H,20,23)/t14-,18+/m1/s1. The smallest absolute Gasteiger partial charge is 0.227 e. The number of rotatable bonds is 5. The highest BCUT2D eigenvalue weighted by Crippen LogP contribution is 2.38. The van der Waals surface area contributed by atoms with Crippen LogP contribution in [0.2, 0.25) is 0 Å². The maximum absolute atomic E-state index is 12.0. The van der Waals surface area contributed by atoms with Crippen molar-refractivity contribution >= 4 is 17.3 Å². The molecule has 1 N–H and O–H groups in total. The van der Waals surface area contributed by atoms with Gasteiger partial charge in [-0.05, 0) is 69.5 Å². The average Bonchev–Trinajstić information content (AvgIpc) is 3.25. The molecule has 1 saturated carbocycles. The predicted molar refractivity (Wildman–Crippen MR) is 95.8 cm³/mol. The molecular formula is C19H29N3O. The minimum atomic E-state index is 0.176. The first-order valence-electron chi connectivity index (χ1n) is 8.83. The monoisotopic (exact) mass is 315 g/mol. The van der Waals surface area contributed by atoms with Crippen molar-refractivity contribution in [1.82, 2.24) is 4.90 Å². The Morgan fingerprint density at radius 3 is 2.35 bits per heavy atom. The number of piperidine rings is 1. The molecule has 3 rings (SSSR count). The van der Waals surface area contributed by atoms with Gasteiger partial charge in [0.1, 0.15) is 0 Å². The van der Waals surface area contributed by atoms with Crippen molar-refractivity contribution < 1.29 is 4.79 Å². The quantitative estimate of drug-likeness (QED) is 0.907. The molecule has 2 aliphatic rings. The lowest BCUT2D eigenvalue weighted by Crippen LogP contribution is -2.37. The number of hydrogen-bond acceptors (Lipinski definition) is 3. The highest BCUT2D eigenvalue weighted by Gasteiger charge is 2.39. The lowest BCUT2D eigenvalue weighted by Gasteiger charge is -2.34. The molecule has 1 saturated heterocycles. The van der Waals surface area contributed by atoms with E-state index in [1.807, 2.05) is 12.1 Å². The molecule has 1 amide bonds. The van der Waals surface area contributed by atoms with Crippen LogP contribution >= 0.6 is 0 Å². The third kappa shape index (κ3) is 4.25. The normalized spacial score (nSPS) is 24.8. The van der Waals surface area contributed by atoms with E-state index >= 15 is 0 Å². The van der Waals surface area contributed by atoms with E-state index in [-0.39, 0.29) is 11.8 Å². The second-order valence-electron chi connectivity index (χ2n) is 7.55. The largest absolute Gasteiger partial charge is 0.372 e. The maximum Gasteiger partial charge on any atom is 0.227 e. The molecule has 0 bridgehead atoms. The molecule has 2 fully saturated rings. The zero-order valence-electron chi connectivity index (χ0n) is 14.6. The van der Waals surface area contributed by atoms with E-state index in [1.165, 1.54) is 25.1 Å². The van der Waals surface area contributed by atoms with Gasteiger partial charge in [-0.3, -0.25) is 4.79 Å². The number of anilines is 2. The SMILES string of the molecule is C[C@@H]1C[C@@H]1C(=O)Nc1ccc(N2CCC(CN(C)C)CC2)cc1. The van der Waals surface area contributed by atoms with Crippen molar-refractivity contribution in [2.24, 2.45) is 17.8 Å². The molecular weight excluding hydrogens is 286 g/mol. The molecule has 23 heavy (non-hydrogen) atoms. The first-order chi connectivity index (χ1) is 11.0. The topological polar surface area (TPSA) is 35.6 Å². The van der Waals surface area contributed by atoms with Crippen LogP contribution in [0.4, 0.5) is 11.4 Å². The second kappa shape index (κ2) is 6.91. The summed E-state index contributed by atoms with van der Waals surface area (Å²) < 4.78 is 0. The summed E-state index contributed by atoms with van der Waals surface area (Å²) in [6.45, 7) is 5.58. The van der Waals surface area contributed by atoms with E-state index in [0.717, 1.165) is 31.1 Å². The molecule has 126 valence electrons. The molecule has 4 heteroatoms. The minimum absolute atomic E-state index is 0.176. The summed E-state index contributed by atoms with van der Waals surface area (Å²) in [5, 5.41) is 3.03. The first kappa shape index (κ1) is 16.3. The van der Waals surface area contributed by atoms with Gasteiger partial charge >= 0.3 is 0 Å². The number of nitrogens with zero attached hydrogens (tertiary/aromatic N) is 2. The van der Waals surface area contributed by atoms with Crippen molar-refractivity contribution in [2.75, 3.05) is 43.9 Å². The van der Waals surface area contributed by atoms with Crippen LogP contribution in [0, 0.1) is 17.8 Å². The van der Waals surface area contributed by atoms with Crippen molar-refractivity contribution in [3.8, 4) is 0 Å². The van der Waals surface area contributed by atoms with E-state index in [4.69, 9.17) is 0 Å². The van der Waals surface area contributed by atoms with Gasteiger partial charge in [0.2, 0.25) is 5.91 Å². The van der Waals surface area contributed by atoms with Crippen LogP contribution in [0.25, 0.3) is 0 Å². The molecule has 0 aromatic heterocycles. The van der Waals surface area contributed by atoms with Gasteiger partial charge in [-0.25, -0.2) is 0 Å². The molecule has 2 atom stereocenters. The van der Waals surface area contributed by atoms with Gasteiger partial charge in [-0.15, -0.1) is 0 Å². The fourth-order valence-corrected chi connectivity index (χ4v) is 3.57. The molecule has 0 radical (unpaired) electrons. The molecule has 0 spiro atoms. The molecule has 1 aliphatic heterocycles. The number of carbonyl (C=O) groups is 1. The zero-order chi connectivity index (χ0) is 16.4. The summed E-state index contributed by atoms with van der Waals surface area (Å²) >= 11 is 0. The fourth-order valence-electron chi connectivity index (χ4n) is 3.57. The highest BCUT2D eigenvalue weighted by atomic mass is 16.2. The zero-order valence-corrected chi connectivity index (χ0v) is 14.6. The fraction of sp³-hybridized carbons (Fsp3) is 0.632.